The lowest BCUT2D eigenvalue weighted by Crippen LogP contribution is -2.37. The molecule has 0 aliphatic rings. The normalized spacial score (nSPS) is 10.9. The van der Waals surface area contributed by atoms with E-state index in [1.807, 2.05) is 72.6 Å². The van der Waals surface area contributed by atoms with Crippen LogP contribution in [0.15, 0.2) is 101 Å². The number of carbonyl (C=O) groups is 2. The van der Waals surface area contributed by atoms with E-state index in [1.165, 1.54) is 24.1 Å². The highest BCUT2D eigenvalue weighted by atomic mass is 19.1. The van der Waals surface area contributed by atoms with Crippen LogP contribution in [0.2, 0.25) is 0 Å². The fourth-order valence-corrected chi connectivity index (χ4v) is 4.74. The van der Waals surface area contributed by atoms with E-state index in [2.05, 4.69) is 5.32 Å². The minimum absolute atomic E-state index is 0.180. The van der Waals surface area contributed by atoms with E-state index in [0.29, 0.717) is 39.9 Å². The molecule has 5 aromatic rings. The molecule has 1 heterocycles. The highest BCUT2D eigenvalue weighted by Crippen LogP contribution is 2.41. The number of fused-ring (bicyclic) bond motifs is 1. The molecule has 0 atom stereocenters. The molecule has 0 unspecified atom stereocenters. The Balaban J connectivity index is 1.67. The number of rotatable bonds is 8. The first kappa shape index (κ1) is 26.5. The van der Waals surface area contributed by atoms with Crippen LogP contribution in [0.4, 0.5) is 20.6 Å². The Morgan fingerprint density at radius 2 is 1.52 bits per heavy atom. The number of nitrogens with one attached hydrogen (secondary N) is 1. The molecule has 202 valence electrons. The number of carbonyl (C=O) groups excluding carboxylic acids is 1. The first-order valence-electron chi connectivity index (χ1n) is 12.8. The van der Waals surface area contributed by atoms with E-state index in [-0.39, 0.29) is 18.2 Å². The number of halogens is 1. The van der Waals surface area contributed by atoms with Gasteiger partial charge in [-0.05, 0) is 48.0 Å². The van der Waals surface area contributed by atoms with Crippen molar-refractivity contribution in [2.24, 2.45) is 0 Å². The van der Waals surface area contributed by atoms with Gasteiger partial charge < -0.3 is 19.7 Å². The highest BCUT2D eigenvalue weighted by molar-refractivity contribution is 6.13. The summed E-state index contributed by atoms with van der Waals surface area (Å²) in [6.45, 7) is 0.616. The number of likely N-dealkylation sites (N-methyl/N-ethyl adjacent to an activating group) is 1. The molecule has 0 spiro atoms. The van der Waals surface area contributed by atoms with Gasteiger partial charge in [0.1, 0.15) is 17.2 Å². The van der Waals surface area contributed by atoms with Gasteiger partial charge in [0.05, 0.1) is 11.3 Å². The third-order valence-corrected chi connectivity index (χ3v) is 6.83. The summed E-state index contributed by atoms with van der Waals surface area (Å²) in [5.74, 6) is -0.506. The number of nitrogens with zero attached hydrogens (tertiary/aromatic N) is 2. The smallest absolute Gasteiger partial charge is 0.411 e. The van der Waals surface area contributed by atoms with Crippen molar-refractivity contribution >= 4 is 34.3 Å². The maximum Gasteiger partial charge on any atom is 0.411 e. The van der Waals surface area contributed by atoms with Gasteiger partial charge in [0.15, 0.2) is 0 Å². The van der Waals surface area contributed by atoms with Gasteiger partial charge in [-0.2, -0.15) is 0 Å². The number of furan rings is 1. The Morgan fingerprint density at radius 1 is 0.875 bits per heavy atom. The molecule has 0 bridgehead atoms. The second-order valence-electron chi connectivity index (χ2n) is 9.32. The van der Waals surface area contributed by atoms with Crippen LogP contribution >= 0.6 is 0 Å². The molecule has 0 aliphatic heterocycles. The number of para-hydroxylation sites is 1. The lowest BCUT2D eigenvalue weighted by Gasteiger charge is -2.26. The molecular formula is C32H28FN3O4. The average molecular weight is 538 g/mol. The molecule has 0 saturated carbocycles. The van der Waals surface area contributed by atoms with Crippen molar-refractivity contribution in [1.29, 1.82) is 0 Å². The molecule has 2 N–H and O–H groups in total. The quantitative estimate of drug-likeness (QED) is 0.225. The zero-order valence-corrected chi connectivity index (χ0v) is 22.1. The molecule has 40 heavy (non-hydrogen) atoms. The van der Waals surface area contributed by atoms with Crippen molar-refractivity contribution in [3.63, 3.8) is 0 Å². The van der Waals surface area contributed by atoms with E-state index < -0.39 is 11.9 Å². The average Bonchev–Trinajstić information content (AvgIpc) is 3.36. The molecule has 8 heteroatoms. The van der Waals surface area contributed by atoms with Crippen LogP contribution in [0.3, 0.4) is 0 Å². The van der Waals surface area contributed by atoms with Crippen molar-refractivity contribution in [3.8, 4) is 22.5 Å². The van der Waals surface area contributed by atoms with E-state index in [4.69, 9.17) is 4.42 Å². The van der Waals surface area contributed by atoms with Gasteiger partial charge in [-0.25, -0.2) is 9.18 Å². The third kappa shape index (κ3) is 5.24. The Morgan fingerprint density at radius 3 is 2.15 bits per heavy atom. The number of benzene rings is 4. The third-order valence-electron chi connectivity index (χ3n) is 6.83. The summed E-state index contributed by atoms with van der Waals surface area (Å²) in [4.78, 5) is 29.0. The van der Waals surface area contributed by atoms with Gasteiger partial charge >= 0.3 is 6.09 Å². The monoisotopic (exact) mass is 537 g/mol. The maximum atomic E-state index is 13.7. The molecule has 0 aliphatic carbocycles. The summed E-state index contributed by atoms with van der Waals surface area (Å²) >= 11 is 0. The minimum Gasteiger partial charge on any atom is -0.465 e. The van der Waals surface area contributed by atoms with Crippen molar-refractivity contribution in [2.45, 2.75) is 0 Å². The van der Waals surface area contributed by atoms with Gasteiger partial charge in [-0.1, -0.05) is 48.5 Å². The number of carboxylic acid groups (broad SMARTS) is 1. The van der Waals surface area contributed by atoms with Crippen molar-refractivity contribution < 1.29 is 23.5 Å². The van der Waals surface area contributed by atoms with Gasteiger partial charge in [0, 0.05) is 55.5 Å². The second-order valence-corrected chi connectivity index (χ2v) is 9.32. The van der Waals surface area contributed by atoms with Gasteiger partial charge in [-0.15, -0.1) is 0 Å². The van der Waals surface area contributed by atoms with Gasteiger partial charge in [0.25, 0.3) is 5.91 Å². The summed E-state index contributed by atoms with van der Waals surface area (Å²) in [6.07, 6.45) is -1.12. The van der Waals surface area contributed by atoms with Crippen LogP contribution in [-0.4, -0.2) is 44.3 Å². The standard InChI is InChI=1S/C32H28FN3O4/c1-34-31(37)29-26-19-25(21-9-5-3-6-10-21)27(20-28(26)40-30(29)22-13-15-23(33)16-14-22)36(32(38)39)18-17-35(2)24-11-7-4-8-12-24/h3-16,19-20H,17-18H2,1-2H3,(H,34,37)(H,38,39). The number of amides is 2. The van der Waals surface area contributed by atoms with E-state index >= 15 is 0 Å². The Bertz CT molecular complexity index is 1650. The molecule has 0 saturated heterocycles. The summed E-state index contributed by atoms with van der Waals surface area (Å²) in [7, 11) is 3.44. The van der Waals surface area contributed by atoms with E-state index in [9.17, 15) is 19.1 Å². The Labute approximate surface area is 231 Å². The zero-order valence-electron chi connectivity index (χ0n) is 22.1. The molecule has 0 fully saturated rings. The predicted octanol–water partition coefficient (Wildman–Crippen LogP) is 6.89. The first-order valence-corrected chi connectivity index (χ1v) is 12.8. The minimum atomic E-state index is -1.12. The van der Waals surface area contributed by atoms with Crippen LogP contribution in [0.25, 0.3) is 33.4 Å². The van der Waals surface area contributed by atoms with Crippen LogP contribution < -0.4 is 15.1 Å². The molecule has 5 rings (SSSR count). The lowest BCUT2D eigenvalue weighted by molar-refractivity contribution is 0.0964. The zero-order chi connectivity index (χ0) is 28.2. The van der Waals surface area contributed by atoms with Crippen LogP contribution in [0.1, 0.15) is 10.4 Å². The SMILES string of the molecule is CNC(=O)c1c(-c2ccc(F)cc2)oc2cc(N(CCN(C)c3ccccc3)C(=O)O)c(-c3ccccc3)cc12. The van der Waals surface area contributed by atoms with Crippen LogP contribution in [0.5, 0.6) is 0 Å². The first-order chi connectivity index (χ1) is 19.4. The van der Waals surface area contributed by atoms with Crippen molar-refractivity contribution in [3.05, 3.63) is 108 Å². The lowest BCUT2D eigenvalue weighted by atomic mass is 9.98. The summed E-state index contributed by atoms with van der Waals surface area (Å²) in [5.41, 5.74) is 3.98. The topological polar surface area (TPSA) is 86.0 Å². The van der Waals surface area contributed by atoms with Gasteiger partial charge in [0.2, 0.25) is 0 Å². The number of hydrogen-bond acceptors (Lipinski definition) is 4. The maximum absolute atomic E-state index is 13.7. The Hall–Kier alpha value is -5.11. The summed E-state index contributed by atoms with van der Waals surface area (Å²) in [5, 5.41) is 13.5. The summed E-state index contributed by atoms with van der Waals surface area (Å²) < 4.78 is 19.8. The molecule has 4 aromatic carbocycles. The predicted molar refractivity (Wildman–Crippen MR) is 156 cm³/mol. The molecule has 1 aromatic heterocycles. The van der Waals surface area contributed by atoms with Crippen molar-refractivity contribution in [1.82, 2.24) is 5.32 Å². The largest absolute Gasteiger partial charge is 0.465 e. The van der Waals surface area contributed by atoms with Crippen molar-refractivity contribution in [2.75, 3.05) is 37.0 Å². The molecule has 7 nitrogen and oxygen atoms in total. The van der Waals surface area contributed by atoms with Crippen LogP contribution in [0, 0.1) is 5.82 Å². The second kappa shape index (κ2) is 11.3. The van der Waals surface area contributed by atoms with Crippen LogP contribution in [-0.2, 0) is 0 Å². The van der Waals surface area contributed by atoms with Gasteiger partial charge in [-0.3, -0.25) is 9.69 Å². The number of hydrogen-bond donors (Lipinski definition) is 2. The fraction of sp³-hybridized carbons (Fsp3) is 0.125. The van der Waals surface area contributed by atoms with E-state index in [1.54, 1.807) is 24.3 Å². The number of anilines is 2. The van der Waals surface area contributed by atoms with E-state index in [0.717, 1.165) is 11.3 Å². The molecule has 0 radical (unpaired) electrons. The highest BCUT2D eigenvalue weighted by Gasteiger charge is 2.26. The summed E-state index contributed by atoms with van der Waals surface area (Å²) in [6, 6.07) is 28.3. The Kier molecular flexibility index (Phi) is 7.50. The molecular weight excluding hydrogens is 509 g/mol. The molecule has 2 amide bonds. The fourth-order valence-electron chi connectivity index (χ4n) is 4.74.